The first-order valence-electron chi connectivity index (χ1n) is 10.6. The summed E-state index contributed by atoms with van der Waals surface area (Å²) < 4.78 is 21.1. The number of rotatable bonds is 10. The molecule has 0 aliphatic rings. The molecule has 1 unspecified atom stereocenters. The second kappa shape index (κ2) is 9.95. The second-order valence-corrected chi connectivity index (χ2v) is 8.80. The van der Waals surface area contributed by atoms with Gasteiger partial charge in [-0.15, -0.1) is 11.3 Å². The zero-order chi connectivity index (χ0) is 23.4. The van der Waals surface area contributed by atoms with Gasteiger partial charge in [0.15, 0.2) is 12.2 Å². The van der Waals surface area contributed by atoms with E-state index in [4.69, 9.17) is 4.42 Å². The standard InChI is InChI=1S/C23H24FN5O3S/c1-3-16(5-4-10-28(2)14-30)29-18-7-6-15(24)11-17(18)26-23(29)27-22(31)21-9-8-20(33-21)19-12-25-13-32-19/h6-9,11-14,16H,3-5,10H2,1-2H3,(H,26,27,31). The van der Waals surface area contributed by atoms with Crippen LogP contribution >= 0.6 is 11.3 Å². The Morgan fingerprint density at radius 1 is 1.36 bits per heavy atom. The van der Waals surface area contributed by atoms with E-state index in [1.54, 1.807) is 36.3 Å². The Bertz CT molecular complexity index is 1250. The fourth-order valence-corrected chi connectivity index (χ4v) is 4.62. The summed E-state index contributed by atoms with van der Waals surface area (Å²) >= 11 is 1.29. The Kier molecular flexibility index (Phi) is 6.83. The van der Waals surface area contributed by atoms with Gasteiger partial charge >= 0.3 is 0 Å². The predicted molar refractivity (Wildman–Crippen MR) is 125 cm³/mol. The third kappa shape index (κ3) is 4.95. The molecule has 0 spiro atoms. The lowest BCUT2D eigenvalue weighted by Gasteiger charge is -2.21. The van der Waals surface area contributed by atoms with Gasteiger partial charge in [-0.1, -0.05) is 6.92 Å². The minimum absolute atomic E-state index is 0.0175. The van der Waals surface area contributed by atoms with Crippen LogP contribution in [0, 0.1) is 5.82 Å². The Morgan fingerprint density at radius 2 is 2.21 bits per heavy atom. The summed E-state index contributed by atoms with van der Waals surface area (Å²) in [6.07, 6.45) is 6.08. The lowest BCUT2D eigenvalue weighted by Crippen LogP contribution is -2.20. The van der Waals surface area contributed by atoms with Crippen LogP contribution in [0.2, 0.25) is 0 Å². The van der Waals surface area contributed by atoms with Crippen molar-refractivity contribution in [2.24, 2.45) is 0 Å². The second-order valence-electron chi connectivity index (χ2n) is 7.71. The van der Waals surface area contributed by atoms with Gasteiger partial charge in [0.2, 0.25) is 12.4 Å². The molecule has 0 aliphatic carbocycles. The number of hydrogen-bond donors (Lipinski definition) is 1. The highest BCUT2D eigenvalue weighted by Gasteiger charge is 2.21. The van der Waals surface area contributed by atoms with E-state index in [0.717, 1.165) is 36.1 Å². The normalized spacial score (nSPS) is 12.1. The van der Waals surface area contributed by atoms with Crippen molar-refractivity contribution in [2.75, 3.05) is 18.9 Å². The predicted octanol–water partition coefficient (Wildman–Crippen LogP) is 4.96. The molecule has 0 bridgehead atoms. The highest BCUT2D eigenvalue weighted by atomic mass is 32.1. The van der Waals surface area contributed by atoms with E-state index in [1.165, 1.54) is 29.9 Å². The molecule has 33 heavy (non-hydrogen) atoms. The van der Waals surface area contributed by atoms with Crippen molar-refractivity contribution in [3.8, 4) is 10.6 Å². The summed E-state index contributed by atoms with van der Waals surface area (Å²) in [6.45, 7) is 2.68. The van der Waals surface area contributed by atoms with Gasteiger partial charge < -0.3 is 13.9 Å². The van der Waals surface area contributed by atoms with Gasteiger partial charge in [0.1, 0.15) is 5.82 Å². The first-order chi connectivity index (χ1) is 16.0. The van der Waals surface area contributed by atoms with E-state index in [2.05, 4.69) is 22.2 Å². The van der Waals surface area contributed by atoms with Gasteiger partial charge in [0, 0.05) is 25.7 Å². The number of nitrogens with one attached hydrogen (secondary N) is 1. The monoisotopic (exact) mass is 469 g/mol. The van der Waals surface area contributed by atoms with Crippen molar-refractivity contribution in [2.45, 2.75) is 32.2 Å². The fourth-order valence-electron chi connectivity index (χ4n) is 3.77. The maximum atomic E-state index is 13.9. The summed E-state index contributed by atoms with van der Waals surface area (Å²) in [6, 6.07) is 7.97. The third-order valence-corrected chi connectivity index (χ3v) is 6.54. The number of thiophene rings is 1. The van der Waals surface area contributed by atoms with Crippen LogP contribution in [0.3, 0.4) is 0 Å². The molecule has 0 radical (unpaired) electrons. The van der Waals surface area contributed by atoms with Crippen LogP contribution in [-0.4, -0.2) is 45.3 Å². The van der Waals surface area contributed by atoms with Crippen LogP contribution in [-0.2, 0) is 4.79 Å². The largest absolute Gasteiger partial charge is 0.443 e. The van der Waals surface area contributed by atoms with Crippen LogP contribution in [0.5, 0.6) is 0 Å². The lowest BCUT2D eigenvalue weighted by molar-refractivity contribution is -0.117. The number of carbonyl (C=O) groups is 2. The van der Waals surface area contributed by atoms with Crippen LogP contribution in [0.15, 0.2) is 47.3 Å². The van der Waals surface area contributed by atoms with Crippen LogP contribution < -0.4 is 5.32 Å². The molecule has 0 saturated carbocycles. The minimum Gasteiger partial charge on any atom is -0.443 e. The van der Waals surface area contributed by atoms with Crippen molar-refractivity contribution in [3.63, 3.8) is 0 Å². The molecule has 3 aromatic heterocycles. The van der Waals surface area contributed by atoms with E-state index in [9.17, 15) is 14.0 Å². The van der Waals surface area contributed by atoms with Gasteiger partial charge in [-0.05, 0) is 43.5 Å². The maximum absolute atomic E-state index is 13.9. The zero-order valence-corrected chi connectivity index (χ0v) is 19.1. The Balaban J connectivity index is 1.62. The molecule has 0 saturated heterocycles. The molecule has 1 aromatic carbocycles. The SMILES string of the molecule is CCC(CCCN(C)C=O)n1c(NC(=O)c2ccc(-c3cnco3)s2)nc2cc(F)ccc21. The molecule has 8 nitrogen and oxygen atoms in total. The Labute approximate surface area is 194 Å². The van der Waals surface area contributed by atoms with E-state index < -0.39 is 0 Å². The summed E-state index contributed by atoms with van der Waals surface area (Å²) in [5.74, 6) is 0.262. The first kappa shape index (κ1) is 22.7. The van der Waals surface area contributed by atoms with Crippen LogP contribution in [0.1, 0.15) is 41.9 Å². The average molecular weight is 470 g/mol. The van der Waals surface area contributed by atoms with E-state index in [-0.39, 0.29) is 17.8 Å². The lowest BCUT2D eigenvalue weighted by atomic mass is 10.1. The quantitative estimate of drug-likeness (QED) is 0.331. The van der Waals surface area contributed by atoms with Crippen molar-refractivity contribution < 1.29 is 18.4 Å². The number of oxazole rings is 1. The van der Waals surface area contributed by atoms with Gasteiger partial charge in [-0.25, -0.2) is 14.4 Å². The van der Waals surface area contributed by atoms with Crippen molar-refractivity contribution >= 4 is 40.6 Å². The number of anilines is 1. The smallest absolute Gasteiger partial charge is 0.268 e. The molecule has 4 rings (SSSR count). The van der Waals surface area contributed by atoms with Crippen molar-refractivity contribution in [3.05, 3.63) is 53.6 Å². The number of imidazole rings is 1. The third-order valence-electron chi connectivity index (χ3n) is 5.45. The highest BCUT2D eigenvalue weighted by Crippen LogP contribution is 2.32. The van der Waals surface area contributed by atoms with Crippen LogP contribution in [0.25, 0.3) is 21.7 Å². The topological polar surface area (TPSA) is 93.3 Å². The first-order valence-corrected chi connectivity index (χ1v) is 11.4. The van der Waals surface area contributed by atoms with Crippen molar-refractivity contribution in [1.82, 2.24) is 19.4 Å². The van der Waals surface area contributed by atoms with E-state index >= 15 is 0 Å². The van der Waals surface area contributed by atoms with E-state index in [1.807, 2.05) is 4.57 Å². The maximum Gasteiger partial charge on any atom is 0.268 e. The molecule has 10 heteroatoms. The number of benzene rings is 1. The Hall–Kier alpha value is -3.53. The summed E-state index contributed by atoms with van der Waals surface area (Å²) in [7, 11) is 1.74. The number of hydrogen-bond acceptors (Lipinski definition) is 6. The van der Waals surface area contributed by atoms with Crippen LogP contribution in [0.4, 0.5) is 10.3 Å². The highest BCUT2D eigenvalue weighted by molar-refractivity contribution is 7.17. The Morgan fingerprint density at radius 3 is 2.94 bits per heavy atom. The molecule has 4 aromatic rings. The molecule has 0 fully saturated rings. The molecule has 172 valence electrons. The molecular formula is C23H24FN5O3S. The molecule has 0 aliphatic heterocycles. The molecular weight excluding hydrogens is 445 g/mol. The zero-order valence-electron chi connectivity index (χ0n) is 18.3. The van der Waals surface area contributed by atoms with Gasteiger partial charge in [-0.2, -0.15) is 0 Å². The summed E-state index contributed by atoms with van der Waals surface area (Å²) in [5.41, 5.74) is 1.22. The number of aromatic nitrogens is 3. The van der Waals surface area contributed by atoms with E-state index in [0.29, 0.717) is 28.6 Å². The summed E-state index contributed by atoms with van der Waals surface area (Å²) in [5, 5.41) is 2.91. The number of carbonyl (C=O) groups excluding carboxylic acids is 2. The fraction of sp³-hybridized carbons (Fsp3) is 0.304. The number of nitrogens with zero attached hydrogens (tertiary/aromatic N) is 4. The number of halogens is 1. The molecule has 2 amide bonds. The molecule has 1 atom stereocenters. The number of amides is 2. The van der Waals surface area contributed by atoms with Gasteiger partial charge in [-0.3, -0.25) is 14.9 Å². The van der Waals surface area contributed by atoms with Gasteiger partial charge in [0.05, 0.1) is 27.0 Å². The molecule has 1 N–H and O–H groups in total. The van der Waals surface area contributed by atoms with Gasteiger partial charge in [0.25, 0.3) is 5.91 Å². The summed E-state index contributed by atoms with van der Waals surface area (Å²) in [4.78, 5) is 35.2. The minimum atomic E-state index is -0.388. The number of fused-ring (bicyclic) bond motifs is 1. The molecule has 3 heterocycles. The average Bonchev–Trinajstić information content (AvgIpc) is 3.56. The van der Waals surface area contributed by atoms with Crippen molar-refractivity contribution in [1.29, 1.82) is 0 Å².